The van der Waals surface area contributed by atoms with Crippen LogP contribution in [0.1, 0.15) is 36.3 Å². The highest BCUT2D eigenvalue weighted by atomic mass is 35.5. The molecule has 0 saturated heterocycles. The number of nitrogens with one attached hydrogen (secondary N) is 1. The number of ether oxygens (including phenoxy) is 2. The molecular weight excluding hydrogens is 328 g/mol. The van der Waals surface area contributed by atoms with Crippen molar-refractivity contribution in [3.63, 3.8) is 0 Å². The van der Waals surface area contributed by atoms with Gasteiger partial charge in [-0.1, -0.05) is 24.6 Å². The molecule has 5 nitrogen and oxygen atoms in total. The van der Waals surface area contributed by atoms with Gasteiger partial charge in [0.25, 0.3) is 5.91 Å². The maximum atomic E-state index is 12.5. The Labute approximate surface area is 147 Å². The van der Waals surface area contributed by atoms with Crippen LogP contribution in [0.3, 0.4) is 0 Å². The molecule has 0 aliphatic heterocycles. The topological polar surface area (TPSA) is 60.5 Å². The summed E-state index contributed by atoms with van der Waals surface area (Å²) < 4.78 is 11.2. The molecule has 24 heavy (non-hydrogen) atoms. The maximum absolute atomic E-state index is 12.5. The molecule has 1 amide bonds. The highest BCUT2D eigenvalue weighted by molar-refractivity contribution is 6.32. The molecule has 0 aliphatic carbocycles. The number of aryl methyl sites for hydroxylation is 1. The quantitative estimate of drug-likeness (QED) is 0.801. The summed E-state index contributed by atoms with van der Waals surface area (Å²) in [5.41, 5.74) is 1.21. The van der Waals surface area contributed by atoms with E-state index in [0.29, 0.717) is 41.1 Å². The van der Waals surface area contributed by atoms with Gasteiger partial charge in [0.1, 0.15) is 5.82 Å². The highest BCUT2D eigenvalue weighted by Crippen LogP contribution is 2.37. The lowest BCUT2D eigenvalue weighted by Crippen LogP contribution is -2.14. The van der Waals surface area contributed by atoms with E-state index in [2.05, 4.69) is 10.3 Å². The molecular formula is C18H21ClN2O3. The van der Waals surface area contributed by atoms with E-state index in [9.17, 15) is 4.79 Å². The second kappa shape index (κ2) is 8.55. The Balaban J connectivity index is 2.27. The van der Waals surface area contributed by atoms with Crippen LogP contribution in [-0.2, 0) is 0 Å². The molecule has 6 heteroatoms. The lowest BCUT2D eigenvalue weighted by atomic mass is 10.2. The summed E-state index contributed by atoms with van der Waals surface area (Å²) in [6, 6.07) is 8.62. The van der Waals surface area contributed by atoms with Gasteiger partial charge in [-0.05, 0) is 44.5 Å². The molecule has 2 aromatic rings. The van der Waals surface area contributed by atoms with Crippen molar-refractivity contribution in [2.45, 2.75) is 27.2 Å². The van der Waals surface area contributed by atoms with Crippen molar-refractivity contribution in [3.8, 4) is 11.5 Å². The van der Waals surface area contributed by atoms with Gasteiger partial charge >= 0.3 is 0 Å². The summed E-state index contributed by atoms with van der Waals surface area (Å²) in [6.07, 6.45) is 0.850. The van der Waals surface area contributed by atoms with E-state index < -0.39 is 0 Å². The number of nitrogens with zero attached hydrogens (tertiary/aromatic N) is 1. The van der Waals surface area contributed by atoms with Crippen molar-refractivity contribution in [1.29, 1.82) is 0 Å². The number of rotatable bonds is 7. The second-order valence-corrected chi connectivity index (χ2v) is 5.59. The molecule has 1 N–H and O–H groups in total. The SMILES string of the molecule is CCCOc1c(Cl)cc(C(=O)Nc2cccc(C)n2)cc1OCC. The number of anilines is 1. The number of benzene rings is 1. The van der Waals surface area contributed by atoms with Gasteiger partial charge in [-0.25, -0.2) is 4.98 Å². The van der Waals surface area contributed by atoms with E-state index in [1.54, 1.807) is 18.2 Å². The largest absolute Gasteiger partial charge is 0.490 e. The van der Waals surface area contributed by atoms with E-state index in [4.69, 9.17) is 21.1 Å². The van der Waals surface area contributed by atoms with E-state index in [0.717, 1.165) is 12.1 Å². The number of amides is 1. The van der Waals surface area contributed by atoms with Gasteiger partial charge in [-0.3, -0.25) is 4.79 Å². The van der Waals surface area contributed by atoms with Crippen molar-refractivity contribution in [2.24, 2.45) is 0 Å². The van der Waals surface area contributed by atoms with Gasteiger partial charge in [0.2, 0.25) is 0 Å². The van der Waals surface area contributed by atoms with Crippen LogP contribution < -0.4 is 14.8 Å². The average Bonchev–Trinajstić information content (AvgIpc) is 2.54. The average molecular weight is 349 g/mol. The van der Waals surface area contributed by atoms with Gasteiger partial charge in [0.15, 0.2) is 11.5 Å². The van der Waals surface area contributed by atoms with Gasteiger partial charge in [-0.2, -0.15) is 0 Å². The zero-order valence-electron chi connectivity index (χ0n) is 14.1. The number of aromatic nitrogens is 1. The van der Waals surface area contributed by atoms with Crippen LogP contribution in [0, 0.1) is 6.92 Å². The molecule has 0 saturated carbocycles. The summed E-state index contributed by atoms with van der Waals surface area (Å²) >= 11 is 6.28. The number of pyridine rings is 1. The monoisotopic (exact) mass is 348 g/mol. The van der Waals surface area contributed by atoms with Crippen molar-refractivity contribution in [3.05, 3.63) is 46.6 Å². The molecule has 1 aromatic heterocycles. The lowest BCUT2D eigenvalue weighted by Gasteiger charge is -2.15. The molecule has 0 bridgehead atoms. The minimum Gasteiger partial charge on any atom is -0.490 e. The Morgan fingerprint density at radius 2 is 2.04 bits per heavy atom. The van der Waals surface area contributed by atoms with E-state index in [1.807, 2.05) is 32.9 Å². The third-order valence-corrected chi connectivity index (χ3v) is 3.43. The molecule has 2 rings (SSSR count). The number of hydrogen-bond donors (Lipinski definition) is 1. The molecule has 0 spiro atoms. The van der Waals surface area contributed by atoms with Crippen LogP contribution in [0.25, 0.3) is 0 Å². The van der Waals surface area contributed by atoms with Crippen molar-refractivity contribution in [2.75, 3.05) is 18.5 Å². The normalized spacial score (nSPS) is 10.3. The number of carbonyl (C=O) groups is 1. The Bertz CT molecular complexity index is 719. The first-order valence-corrected chi connectivity index (χ1v) is 8.27. The molecule has 0 radical (unpaired) electrons. The van der Waals surface area contributed by atoms with Gasteiger partial charge < -0.3 is 14.8 Å². The Hall–Kier alpha value is -2.27. The highest BCUT2D eigenvalue weighted by Gasteiger charge is 2.16. The standard InChI is InChI=1S/C18H21ClN2O3/c1-4-9-24-17-14(19)10-13(11-15(17)23-5-2)18(22)21-16-8-6-7-12(3)20-16/h6-8,10-11H,4-5,9H2,1-3H3,(H,20,21,22). The minimum absolute atomic E-state index is 0.307. The zero-order chi connectivity index (χ0) is 17.5. The fourth-order valence-corrected chi connectivity index (χ4v) is 2.37. The summed E-state index contributed by atoms with van der Waals surface area (Å²) in [4.78, 5) is 16.7. The maximum Gasteiger partial charge on any atom is 0.257 e. The zero-order valence-corrected chi connectivity index (χ0v) is 14.8. The first-order chi connectivity index (χ1) is 11.5. The first-order valence-electron chi connectivity index (χ1n) is 7.89. The summed E-state index contributed by atoms with van der Waals surface area (Å²) in [5, 5.41) is 3.10. The van der Waals surface area contributed by atoms with Crippen molar-refractivity contribution in [1.82, 2.24) is 4.98 Å². The summed E-state index contributed by atoms with van der Waals surface area (Å²) in [6.45, 7) is 6.70. The fraction of sp³-hybridized carbons (Fsp3) is 0.333. The van der Waals surface area contributed by atoms with E-state index >= 15 is 0 Å². The van der Waals surface area contributed by atoms with Crippen LogP contribution in [0.2, 0.25) is 5.02 Å². The third-order valence-electron chi connectivity index (χ3n) is 3.15. The Morgan fingerprint density at radius 1 is 1.25 bits per heavy atom. The molecule has 0 aliphatic rings. The molecule has 1 aromatic carbocycles. The van der Waals surface area contributed by atoms with Gasteiger partial charge in [0.05, 0.1) is 18.2 Å². The lowest BCUT2D eigenvalue weighted by molar-refractivity contribution is 0.102. The number of hydrogen-bond acceptors (Lipinski definition) is 4. The van der Waals surface area contributed by atoms with Crippen LogP contribution in [-0.4, -0.2) is 24.1 Å². The minimum atomic E-state index is -0.307. The van der Waals surface area contributed by atoms with Crippen LogP contribution in [0.5, 0.6) is 11.5 Å². The van der Waals surface area contributed by atoms with Crippen LogP contribution in [0.15, 0.2) is 30.3 Å². The van der Waals surface area contributed by atoms with Crippen LogP contribution >= 0.6 is 11.6 Å². The predicted octanol–water partition coefficient (Wildman–Crippen LogP) is 4.48. The number of carbonyl (C=O) groups excluding carboxylic acids is 1. The van der Waals surface area contributed by atoms with E-state index in [1.165, 1.54) is 0 Å². The fourth-order valence-electron chi connectivity index (χ4n) is 2.11. The third kappa shape index (κ3) is 4.61. The molecule has 0 fully saturated rings. The smallest absolute Gasteiger partial charge is 0.257 e. The van der Waals surface area contributed by atoms with Gasteiger partial charge in [0, 0.05) is 11.3 Å². The molecule has 128 valence electrons. The number of halogens is 1. The van der Waals surface area contributed by atoms with E-state index in [-0.39, 0.29) is 5.91 Å². The first kappa shape index (κ1) is 18.1. The molecule has 1 heterocycles. The summed E-state index contributed by atoms with van der Waals surface area (Å²) in [7, 11) is 0. The van der Waals surface area contributed by atoms with Gasteiger partial charge in [-0.15, -0.1) is 0 Å². The van der Waals surface area contributed by atoms with Crippen LogP contribution in [0.4, 0.5) is 5.82 Å². The predicted molar refractivity (Wildman–Crippen MR) is 95.3 cm³/mol. The van der Waals surface area contributed by atoms with Crippen molar-refractivity contribution < 1.29 is 14.3 Å². The second-order valence-electron chi connectivity index (χ2n) is 5.19. The molecule has 0 atom stereocenters. The Kier molecular flexibility index (Phi) is 6.44. The Morgan fingerprint density at radius 3 is 2.71 bits per heavy atom. The van der Waals surface area contributed by atoms with Crippen molar-refractivity contribution >= 4 is 23.3 Å². The summed E-state index contributed by atoms with van der Waals surface area (Å²) in [5.74, 6) is 1.10. The molecule has 0 unspecified atom stereocenters.